The summed E-state index contributed by atoms with van der Waals surface area (Å²) in [5.74, 6) is 0. The molecule has 13 heavy (non-hydrogen) atoms. The molecule has 0 amide bonds. The number of unbranched alkanes of at least 4 members (excludes halogenated alkanes) is 1. The second-order valence-electron chi connectivity index (χ2n) is 2.92. The molecule has 1 aromatic carbocycles. The predicted molar refractivity (Wildman–Crippen MR) is 67.2 cm³/mol. The van der Waals surface area contributed by atoms with Gasteiger partial charge in [-0.05, 0) is 18.4 Å². The van der Waals surface area contributed by atoms with Gasteiger partial charge in [0, 0.05) is 4.90 Å². The van der Waals surface area contributed by atoms with E-state index < -0.39 is 0 Å². The van der Waals surface area contributed by atoms with Gasteiger partial charge >= 0.3 is 0 Å². The Morgan fingerprint density at radius 3 is 2.08 bits per heavy atom. The molecule has 1 aromatic rings. The second-order valence-corrected chi connectivity index (χ2v) is 4.59. The third kappa shape index (κ3) is 2.24. The van der Waals surface area contributed by atoms with Crippen LogP contribution in [0.2, 0.25) is 0 Å². The van der Waals surface area contributed by atoms with Crippen LogP contribution in [0.3, 0.4) is 0 Å². The summed E-state index contributed by atoms with van der Waals surface area (Å²) in [6, 6.07) is 0. The maximum Gasteiger partial charge on any atom is 0.0752 e. The van der Waals surface area contributed by atoms with E-state index in [1.54, 1.807) is 0 Å². The Morgan fingerprint density at radius 2 is 1.69 bits per heavy atom. The van der Waals surface area contributed by atoms with Crippen molar-refractivity contribution in [2.24, 2.45) is 0 Å². The molecule has 0 spiro atoms. The molecule has 0 heterocycles. The van der Waals surface area contributed by atoms with Gasteiger partial charge in [0.15, 0.2) is 0 Å². The highest BCUT2D eigenvalue weighted by Crippen LogP contribution is 2.23. The molecule has 0 fully saturated rings. The Bertz CT molecular complexity index is 437. The summed E-state index contributed by atoms with van der Waals surface area (Å²) < 4.78 is 2.05. The van der Waals surface area contributed by atoms with E-state index in [1.165, 1.54) is 0 Å². The Hall–Kier alpha value is 0.360. The highest BCUT2D eigenvalue weighted by Gasteiger charge is 2.07. The summed E-state index contributed by atoms with van der Waals surface area (Å²) in [5.41, 5.74) is 1.08. The van der Waals surface area contributed by atoms with Crippen LogP contribution in [0.1, 0.15) is 25.3 Å². The summed E-state index contributed by atoms with van der Waals surface area (Å²) in [4.78, 5) is 0.832. The normalized spacial score (nSPS) is 10.6. The van der Waals surface area contributed by atoms with E-state index in [0.29, 0.717) is 9.02 Å². The molecule has 0 unspecified atom stereocenters. The predicted octanol–water partition coefficient (Wildman–Crippen LogP) is 4.38. The van der Waals surface area contributed by atoms with Crippen molar-refractivity contribution in [2.75, 3.05) is 0 Å². The quantitative estimate of drug-likeness (QED) is 0.621. The molecule has 0 atom stereocenters. The molecule has 70 valence electrons. The molecule has 0 aliphatic heterocycles. The van der Waals surface area contributed by atoms with E-state index in [-0.39, 0.29) is 0 Å². The molecule has 0 saturated carbocycles. The lowest BCUT2D eigenvalue weighted by Gasteiger charge is -1.96. The first-order valence-corrected chi connectivity index (χ1v) is 5.82. The molecular weight excluding hydrogens is 236 g/mol. The molecule has 0 nitrogen and oxygen atoms in total. The van der Waals surface area contributed by atoms with Gasteiger partial charge in [0.05, 0.1) is 13.5 Å². The van der Waals surface area contributed by atoms with Crippen molar-refractivity contribution < 1.29 is 0 Å². The molecule has 0 bridgehead atoms. The van der Waals surface area contributed by atoms with Crippen molar-refractivity contribution in [3.63, 3.8) is 0 Å². The van der Waals surface area contributed by atoms with Crippen molar-refractivity contribution in [3.8, 4) is 0 Å². The summed E-state index contributed by atoms with van der Waals surface area (Å²) >= 11 is 19.7. The topological polar surface area (TPSA) is 0 Å². The zero-order valence-electron chi connectivity index (χ0n) is 7.29. The standard InChI is InChI=1S/C9H10S4/c1-2-3-4-5-6(10)8(12)9(13)7(5)11/h10H,2-4H2,1H3. The van der Waals surface area contributed by atoms with Gasteiger partial charge < -0.3 is 0 Å². The Morgan fingerprint density at radius 1 is 1.08 bits per heavy atom. The van der Waals surface area contributed by atoms with Gasteiger partial charge in [-0.2, -0.15) is 0 Å². The van der Waals surface area contributed by atoms with Crippen LogP contribution >= 0.6 is 49.3 Å². The Labute approximate surface area is 99.1 Å². The van der Waals surface area contributed by atoms with E-state index in [9.17, 15) is 0 Å². The van der Waals surface area contributed by atoms with Gasteiger partial charge in [0.2, 0.25) is 0 Å². The largest absolute Gasteiger partial charge is 0.142 e. The smallest absolute Gasteiger partial charge is 0.0752 e. The van der Waals surface area contributed by atoms with Crippen LogP contribution in [-0.2, 0) is 6.42 Å². The van der Waals surface area contributed by atoms with Crippen molar-refractivity contribution in [1.29, 1.82) is 0 Å². The summed E-state index contributed by atoms with van der Waals surface area (Å²) in [6.07, 6.45) is 3.21. The van der Waals surface area contributed by atoms with Crippen LogP contribution in [0.15, 0.2) is 4.90 Å². The van der Waals surface area contributed by atoms with Gasteiger partial charge in [0.1, 0.15) is 0 Å². The monoisotopic (exact) mass is 246 g/mol. The molecule has 0 aliphatic rings. The lowest BCUT2D eigenvalue weighted by atomic mass is 10.1. The molecule has 0 saturated heterocycles. The van der Waals surface area contributed by atoms with Crippen LogP contribution in [0.4, 0.5) is 0 Å². The highest BCUT2D eigenvalue weighted by molar-refractivity contribution is 7.81. The average Bonchev–Trinajstić information content (AvgIpc) is 2.30. The molecule has 4 heteroatoms. The van der Waals surface area contributed by atoms with Crippen molar-refractivity contribution in [3.05, 3.63) is 19.1 Å². The van der Waals surface area contributed by atoms with E-state index in [2.05, 4.69) is 19.6 Å². The number of hydrogen-bond acceptors (Lipinski definition) is 4. The third-order valence-corrected chi connectivity index (χ3v) is 4.14. The second kappa shape index (κ2) is 4.73. The van der Waals surface area contributed by atoms with E-state index in [4.69, 9.17) is 36.7 Å². The fraction of sp³-hybridized carbons (Fsp3) is 0.444. The SMILES string of the molecule is CCCCc1c(S)c(=S)c(=S)c1=S. The van der Waals surface area contributed by atoms with E-state index >= 15 is 0 Å². The zero-order chi connectivity index (χ0) is 10.0. The van der Waals surface area contributed by atoms with Crippen LogP contribution < -0.4 is 0 Å². The molecule has 0 aliphatic carbocycles. The van der Waals surface area contributed by atoms with Gasteiger partial charge in [-0.3, -0.25) is 0 Å². The molecule has 0 aromatic heterocycles. The first kappa shape index (κ1) is 11.4. The fourth-order valence-corrected chi connectivity index (χ4v) is 2.49. The van der Waals surface area contributed by atoms with E-state index in [0.717, 1.165) is 34.2 Å². The number of rotatable bonds is 3. The minimum Gasteiger partial charge on any atom is -0.142 e. The molecule has 0 radical (unpaired) electrons. The first-order chi connectivity index (χ1) is 6.09. The van der Waals surface area contributed by atoms with Crippen molar-refractivity contribution >= 4 is 49.3 Å². The summed E-state index contributed by atoms with van der Waals surface area (Å²) in [6.45, 7) is 2.15. The first-order valence-electron chi connectivity index (χ1n) is 4.15. The van der Waals surface area contributed by atoms with Crippen molar-refractivity contribution in [1.82, 2.24) is 0 Å². The van der Waals surface area contributed by atoms with Crippen molar-refractivity contribution in [2.45, 2.75) is 31.1 Å². The Kier molecular flexibility index (Phi) is 4.16. The maximum absolute atomic E-state index is 5.20. The Balaban J connectivity index is 3.23. The number of hydrogen-bond donors (Lipinski definition) is 1. The van der Waals surface area contributed by atoms with Crippen LogP contribution in [-0.4, -0.2) is 0 Å². The number of thiol groups is 1. The van der Waals surface area contributed by atoms with Gasteiger partial charge in [-0.1, -0.05) is 50.0 Å². The van der Waals surface area contributed by atoms with Crippen LogP contribution in [0.25, 0.3) is 0 Å². The summed E-state index contributed by atoms with van der Waals surface area (Å²) in [7, 11) is 0. The van der Waals surface area contributed by atoms with Crippen LogP contribution in [0, 0.1) is 13.5 Å². The summed E-state index contributed by atoms with van der Waals surface area (Å²) in [5, 5.41) is 0. The lowest BCUT2D eigenvalue weighted by molar-refractivity contribution is 0.787. The fourth-order valence-electron chi connectivity index (χ4n) is 1.18. The molecule has 1 rings (SSSR count). The highest BCUT2D eigenvalue weighted by atomic mass is 32.1. The minimum atomic E-state index is 0.640. The third-order valence-electron chi connectivity index (χ3n) is 1.97. The van der Waals surface area contributed by atoms with E-state index in [1.807, 2.05) is 0 Å². The molecular formula is C9H10S4. The van der Waals surface area contributed by atoms with Gasteiger partial charge in [-0.25, -0.2) is 0 Å². The minimum absolute atomic E-state index is 0.640. The van der Waals surface area contributed by atoms with Crippen LogP contribution in [0.5, 0.6) is 0 Å². The lowest BCUT2D eigenvalue weighted by Crippen LogP contribution is -1.82. The maximum atomic E-state index is 5.20. The average molecular weight is 246 g/mol. The van der Waals surface area contributed by atoms with Gasteiger partial charge in [-0.15, -0.1) is 12.6 Å². The molecule has 0 N–H and O–H groups in total. The van der Waals surface area contributed by atoms with Gasteiger partial charge in [0.25, 0.3) is 0 Å². The zero-order valence-corrected chi connectivity index (χ0v) is 10.6.